The van der Waals surface area contributed by atoms with E-state index in [1.807, 2.05) is 13.0 Å². The van der Waals surface area contributed by atoms with Crippen molar-refractivity contribution in [1.82, 2.24) is 0 Å². The molecule has 2 aliphatic rings. The van der Waals surface area contributed by atoms with E-state index in [-0.39, 0.29) is 18.1 Å². The molecule has 8 heteroatoms. The van der Waals surface area contributed by atoms with E-state index in [9.17, 15) is 14.7 Å². The smallest absolute Gasteiger partial charge is 0.300 e. The average Bonchev–Trinajstić information content (AvgIpc) is 3.49. The molecule has 2 aliphatic heterocycles. The highest BCUT2D eigenvalue weighted by molar-refractivity contribution is 6.51. The summed E-state index contributed by atoms with van der Waals surface area (Å²) in [4.78, 5) is 28.0. The lowest BCUT2D eigenvalue weighted by molar-refractivity contribution is -0.132. The summed E-state index contributed by atoms with van der Waals surface area (Å²) in [5.74, 6) is -0.379. The van der Waals surface area contributed by atoms with Crippen LogP contribution in [0, 0.1) is 11.3 Å². The fraction of sp³-hybridized carbons (Fsp3) is 0.179. The number of carbonyl (C=O) groups is 2. The average molecular weight is 482 g/mol. The highest BCUT2D eigenvalue weighted by atomic mass is 16.7. The van der Waals surface area contributed by atoms with Gasteiger partial charge in [0.2, 0.25) is 6.79 Å². The zero-order chi connectivity index (χ0) is 25.2. The SMILES string of the molecule is CCCOc1cccc(C2/C(=C(/O)c3ccc4c(c3)OCO4)C(=O)C(=O)N2c2ccc(C#N)cc2)c1. The second-order valence-electron chi connectivity index (χ2n) is 8.32. The lowest BCUT2D eigenvalue weighted by atomic mass is 9.94. The maximum atomic E-state index is 13.4. The Bertz CT molecular complexity index is 1420. The summed E-state index contributed by atoms with van der Waals surface area (Å²) in [5, 5.41) is 20.5. The summed E-state index contributed by atoms with van der Waals surface area (Å²) in [6.07, 6.45) is 0.818. The van der Waals surface area contributed by atoms with E-state index in [2.05, 4.69) is 0 Å². The van der Waals surface area contributed by atoms with Gasteiger partial charge in [-0.3, -0.25) is 14.5 Å². The predicted molar refractivity (Wildman–Crippen MR) is 131 cm³/mol. The molecular formula is C28H22N2O6. The molecule has 0 aliphatic carbocycles. The van der Waals surface area contributed by atoms with Crippen LogP contribution in [0.4, 0.5) is 5.69 Å². The number of Topliss-reactive ketones (excluding diaryl/α,β-unsaturated/α-hetero) is 1. The van der Waals surface area contributed by atoms with E-state index in [0.29, 0.717) is 46.2 Å². The van der Waals surface area contributed by atoms with Gasteiger partial charge in [0, 0.05) is 11.3 Å². The Hall–Kier alpha value is -4.77. The van der Waals surface area contributed by atoms with Gasteiger partial charge >= 0.3 is 0 Å². The van der Waals surface area contributed by atoms with Gasteiger partial charge in [-0.2, -0.15) is 5.26 Å². The van der Waals surface area contributed by atoms with Crippen molar-refractivity contribution in [2.24, 2.45) is 0 Å². The van der Waals surface area contributed by atoms with E-state index >= 15 is 0 Å². The second kappa shape index (κ2) is 9.47. The van der Waals surface area contributed by atoms with Crippen LogP contribution in [-0.2, 0) is 9.59 Å². The van der Waals surface area contributed by atoms with E-state index in [1.165, 1.54) is 4.90 Å². The lowest BCUT2D eigenvalue weighted by Gasteiger charge is -2.26. The number of nitrogens with zero attached hydrogens (tertiary/aromatic N) is 2. The molecule has 1 fully saturated rings. The normalized spacial score (nSPS) is 17.8. The Morgan fingerprint density at radius 3 is 2.61 bits per heavy atom. The minimum atomic E-state index is -0.923. The van der Waals surface area contributed by atoms with Gasteiger partial charge in [-0.25, -0.2) is 0 Å². The number of aliphatic hydroxyl groups excluding tert-OH is 1. The molecule has 5 rings (SSSR count). The minimum Gasteiger partial charge on any atom is -0.507 e. The fourth-order valence-electron chi connectivity index (χ4n) is 4.30. The van der Waals surface area contributed by atoms with Crippen molar-refractivity contribution >= 4 is 23.1 Å². The molecule has 1 saturated heterocycles. The molecule has 0 spiro atoms. The number of nitriles is 1. The molecule has 0 bridgehead atoms. The van der Waals surface area contributed by atoms with Crippen molar-refractivity contribution in [3.05, 3.63) is 89.0 Å². The van der Waals surface area contributed by atoms with Gasteiger partial charge in [0.25, 0.3) is 11.7 Å². The highest BCUT2D eigenvalue weighted by Gasteiger charge is 2.47. The number of hydrogen-bond donors (Lipinski definition) is 1. The molecule has 0 saturated carbocycles. The lowest BCUT2D eigenvalue weighted by Crippen LogP contribution is -2.29. The molecule has 3 aromatic carbocycles. The van der Waals surface area contributed by atoms with Gasteiger partial charge in [0.1, 0.15) is 11.5 Å². The van der Waals surface area contributed by atoms with Crippen molar-refractivity contribution in [1.29, 1.82) is 5.26 Å². The first-order valence-corrected chi connectivity index (χ1v) is 11.5. The van der Waals surface area contributed by atoms with Crippen LogP contribution in [0.25, 0.3) is 5.76 Å². The summed E-state index contributed by atoms with van der Waals surface area (Å²) in [7, 11) is 0. The third kappa shape index (κ3) is 4.01. The van der Waals surface area contributed by atoms with Gasteiger partial charge in [0.15, 0.2) is 11.5 Å². The van der Waals surface area contributed by atoms with Crippen molar-refractivity contribution in [2.75, 3.05) is 18.3 Å². The van der Waals surface area contributed by atoms with Crippen LogP contribution in [0.15, 0.2) is 72.3 Å². The molecule has 8 nitrogen and oxygen atoms in total. The molecule has 1 amide bonds. The Labute approximate surface area is 207 Å². The number of anilines is 1. The molecule has 1 N–H and O–H groups in total. The number of ketones is 1. The van der Waals surface area contributed by atoms with Crippen molar-refractivity contribution in [2.45, 2.75) is 19.4 Å². The summed E-state index contributed by atoms with van der Waals surface area (Å²) in [6, 6.07) is 19.4. The van der Waals surface area contributed by atoms with Crippen molar-refractivity contribution in [3.8, 4) is 23.3 Å². The number of benzene rings is 3. The van der Waals surface area contributed by atoms with Crippen molar-refractivity contribution in [3.63, 3.8) is 0 Å². The minimum absolute atomic E-state index is 0.0594. The zero-order valence-corrected chi connectivity index (χ0v) is 19.4. The number of hydrogen-bond acceptors (Lipinski definition) is 7. The van der Waals surface area contributed by atoms with Gasteiger partial charge in [-0.1, -0.05) is 19.1 Å². The van der Waals surface area contributed by atoms with E-state index in [1.54, 1.807) is 66.7 Å². The number of ether oxygens (including phenoxy) is 3. The summed E-state index contributed by atoms with van der Waals surface area (Å²) in [5.41, 5.74) is 1.69. The third-order valence-electron chi connectivity index (χ3n) is 6.01. The molecule has 36 heavy (non-hydrogen) atoms. The van der Waals surface area contributed by atoms with Crippen LogP contribution in [0.2, 0.25) is 0 Å². The van der Waals surface area contributed by atoms with Crippen molar-refractivity contribution < 1.29 is 28.9 Å². The number of rotatable bonds is 6. The Morgan fingerprint density at radius 2 is 1.86 bits per heavy atom. The largest absolute Gasteiger partial charge is 0.507 e. The predicted octanol–water partition coefficient (Wildman–Crippen LogP) is 4.70. The molecule has 0 radical (unpaired) electrons. The summed E-state index contributed by atoms with van der Waals surface area (Å²) < 4.78 is 16.5. The first-order chi connectivity index (χ1) is 17.5. The standard InChI is InChI=1S/C28H22N2O6/c1-2-12-34-21-5-3-4-18(13-21)25-24(26(31)19-8-11-22-23(14-19)36-16-35-22)27(32)28(33)30(25)20-9-6-17(15-29)7-10-20/h3-11,13-14,25,31H,2,12,16H2,1H3/b26-24-. The van der Waals surface area contributed by atoms with Crippen LogP contribution < -0.4 is 19.1 Å². The Morgan fingerprint density at radius 1 is 1.08 bits per heavy atom. The van der Waals surface area contributed by atoms with E-state index < -0.39 is 17.7 Å². The van der Waals surface area contributed by atoms with Crippen LogP contribution in [0.1, 0.15) is 36.1 Å². The molecule has 3 aromatic rings. The van der Waals surface area contributed by atoms with E-state index in [0.717, 1.165) is 6.42 Å². The Balaban J connectivity index is 1.67. The van der Waals surface area contributed by atoms with Gasteiger partial charge in [0.05, 0.1) is 29.9 Å². The van der Waals surface area contributed by atoms with Crippen LogP contribution in [0.5, 0.6) is 17.2 Å². The Kier molecular flexibility index (Phi) is 6.05. The third-order valence-corrected chi connectivity index (χ3v) is 6.01. The number of amides is 1. The van der Waals surface area contributed by atoms with E-state index in [4.69, 9.17) is 19.5 Å². The van der Waals surface area contributed by atoms with Crippen LogP contribution in [0.3, 0.4) is 0 Å². The molecule has 0 aromatic heterocycles. The maximum absolute atomic E-state index is 13.4. The van der Waals surface area contributed by atoms with Gasteiger partial charge in [-0.05, 0) is 66.6 Å². The quantitative estimate of drug-likeness (QED) is 0.308. The number of fused-ring (bicyclic) bond motifs is 1. The molecule has 1 unspecified atom stereocenters. The number of carbonyl (C=O) groups excluding carboxylic acids is 2. The maximum Gasteiger partial charge on any atom is 0.300 e. The summed E-state index contributed by atoms with van der Waals surface area (Å²) >= 11 is 0. The second-order valence-corrected chi connectivity index (χ2v) is 8.32. The summed E-state index contributed by atoms with van der Waals surface area (Å²) in [6.45, 7) is 2.57. The first kappa shape index (κ1) is 23.0. The zero-order valence-electron chi connectivity index (χ0n) is 19.4. The monoisotopic (exact) mass is 482 g/mol. The van der Waals surface area contributed by atoms with Gasteiger partial charge < -0.3 is 19.3 Å². The number of aliphatic hydroxyl groups is 1. The van der Waals surface area contributed by atoms with Gasteiger partial charge in [-0.15, -0.1) is 0 Å². The van der Waals surface area contributed by atoms with Crippen LogP contribution >= 0.6 is 0 Å². The highest BCUT2D eigenvalue weighted by Crippen LogP contribution is 2.44. The molecule has 180 valence electrons. The van der Waals surface area contributed by atoms with Crippen LogP contribution in [-0.4, -0.2) is 30.2 Å². The first-order valence-electron chi connectivity index (χ1n) is 11.5. The molecular weight excluding hydrogens is 460 g/mol. The topological polar surface area (TPSA) is 109 Å². The molecule has 2 heterocycles. The molecule has 1 atom stereocenters. The fourth-order valence-corrected chi connectivity index (χ4v) is 4.30.